The maximum Gasteiger partial charge on any atom is 0.137 e. The first-order chi connectivity index (χ1) is 11.0. The number of carbonyl (C=O) groups excluding carboxylic acids is 3. The summed E-state index contributed by atoms with van der Waals surface area (Å²) in [5, 5.41) is 0. The van der Waals surface area contributed by atoms with E-state index in [0.29, 0.717) is 19.3 Å². The highest BCUT2D eigenvalue weighted by atomic mass is 16.1. The average Bonchev–Trinajstić information content (AvgIpc) is 3.01. The second kappa shape index (κ2) is 10.5. The molecule has 0 saturated heterocycles. The van der Waals surface area contributed by atoms with Crippen molar-refractivity contribution in [1.29, 1.82) is 0 Å². The van der Waals surface area contributed by atoms with Crippen molar-refractivity contribution in [3.63, 3.8) is 0 Å². The quantitative estimate of drug-likeness (QED) is 0.382. The molecule has 1 fully saturated rings. The SMILES string of the molecule is C=C(CC)CCCCCC(=O)C1CCCC1C(=O)CCC(C)=O. The van der Waals surface area contributed by atoms with E-state index in [2.05, 4.69) is 13.5 Å². The highest BCUT2D eigenvalue weighted by Gasteiger charge is 2.36. The van der Waals surface area contributed by atoms with Crippen LogP contribution >= 0.6 is 0 Å². The predicted molar refractivity (Wildman–Crippen MR) is 93.3 cm³/mol. The number of unbranched alkanes of at least 4 members (excludes halogenated alkanes) is 2. The lowest BCUT2D eigenvalue weighted by atomic mass is 9.85. The van der Waals surface area contributed by atoms with Crippen LogP contribution in [-0.2, 0) is 14.4 Å². The van der Waals surface area contributed by atoms with Gasteiger partial charge in [0.15, 0.2) is 0 Å². The zero-order chi connectivity index (χ0) is 17.2. The van der Waals surface area contributed by atoms with Gasteiger partial charge in [-0.1, -0.05) is 31.9 Å². The number of hydrogen-bond acceptors (Lipinski definition) is 3. The van der Waals surface area contributed by atoms with Crippen LogP contribution in [0.5, 0.6) is 0 Å². The topological polar surface area (TPSA) is 51.2 Å². The van der Waals surface area contributed by atoms with Gasteiger partial charge in [-0.3, -0.25) is 9.59 Å². The summed E-state index contributed by atoms with van der Waals surface area (Å²) in [6.07, 6.45) is 9.02. The Hall–Kier alpha value is -1.25. The Morgan fingerprint density at radius 1 is 0.870 bits per heavy atom. The molecular weight excluding hydrogens is 288 g/mol. The number of hydrogen-bond donors (Lipinski definition) is 0. The van der Waals surface area contributed by atoms with Crippen LogP contribution in [0.3, 0.4) is 0 Å². The third kappa shape index (κ3) is 7.24. The van der Waals surface area contributed by atoms with E-state index in [9.17, 15) is 14.4 Å². The largest absolute Gasteiger partial charge is 0.300 e. The number of carbonyl (C=O) groups is 3. The van der Waals surface area contributed by atoms with Gasteiger partial charge in [0.05, 0.1) is 0 Å². The van der Waals surface area contributed by atoms with Crippen LogP contribution in [0.2, 0.25) is 0 Å². The normalized spacial score (nSPS) is 20.4. The smallest absolute Gasteiger partial charge is 0.137 e. The Kier molecular flexibility index (Phi) is 9.05. The minimum Gasteiger partial charge on any atom is -0.300 e. The molecule has 1 rings (SSSR count). The molecule has 3 nitrogen and oxygen atoms in total. The summed E-state index contributed by atoms with van der Waals surface area (Å²) >= 11 is 0. The lowest BCUT2D eigenvalue weighted by molar-refractivity contribution is -0.132. The Morgan fingerprint density at radius 3 is 2.00 bits per heavy atom. The summed E-state index contributed by atoms with van der Waals surface area (Å²) in [7, 11) is 0. The molecule has 23 heavy (non-hydrogen) atoms. The van der Waals surface area contributed by atoms with Crippen molar-refractivity contribution in [1.82, 2.24) is 0 Å². The fourth-order valence-electron chi connectivity index (χ4n) is 3.43. The zero-order valence-corrected chi connectivity index (χ0v) is 14.9. The van der Waals surface area contributed by atoms with Crippen LogP contribution in [0.4, 0.5) is 0 Å². The molecule has 0 bridgehead atoms. The van der Waals surface area contributed by atoms with Gasteiger partial charge in [-0.25, -0.2) is 0 Å². The van der Waals surface area contributed by atoms with Crippen LogP contribution in [-0.4, -0.2) is 17.3 Å². The van der Waals surface area contributed by atoms with Gasteiger partial charge >= 0.3 is 0 Å². The van der Waals surface area contributed by atoms with Crippen molar-refractivity contribution < 1.29 is 14.4 Å². The molecule has 0 aromatic rings. The standard InChI is InChI=1S/C20H32O3/c1-4-15(2)9-6-5-7-12-19(22)17-10-8-11-18(17)20(23)14-13-16(3)21/h17-18H,2,4-14H2,1,3H3. The van der Waals surface area contributed by atoms with Crippen molar-refractivity contribution in [2.24, 2.45) is 11.8 Å². The molecule has 2 atom stereocenters. The van der Waals surface area contributed by atoms with E-state index in [-0.39, 0.29) is 29.2 Å². The van der Waals surface area contributed by atoms with Gasteiger partial charge in [0.1, 0.15) is 17.3 Å². The zero-order valence-electron chi connectivity index (χ0n) is 14.9. The molecular formula is C20H32O3. The summed E-state index contributed by atoms with van der Waals surface area (Å²) < 4.78 is 0. The molecule has 0 spiro atoms. The molecule has 1 saturated carbocycles. The van der Waals surface area contributed by atoms with Crippen LogP contribution in [0.1, 0.15) is 84.5 Å². The Labute approximate surface area is 140 Å². The van der Waals surface area contributed by atoms with Gasteiger partial charge in [0, 0.05) is 31.1 Å². The molecule has 130 valence electrons. The molecule has 0 amide bonds. The van der Waals surface area contributed by atoms with E-state index in [1.807, 2.05) is 0 Å². The summed E-state index contributed by atoms with van der Waals surface area (Å²) in [5.74, 6) is 0.225. The summed E-state index contributed by atoms with van der Waals surface area (Å²) in [6.45, 7) is 7.63. The van der Waals surface area contributed by atoms with E-state index < -0.39 is 0 Å². The summed E-state index contributed by atoms with van der Waals surface area (Å²) in [5.41, 5.74) is 1.28. The van der Waals surface area contributed by atoms with Crippen LogP contribution in [0.15, 0.2) is 12.2 Å². The molecule has 0 radical (unpaired) electrons. The van der Waals surface area contributed by atoms with E-state index in [0.717, 1.165) is 51.4 Å². The van der Waals surface area contributed by atoms with Crippen LogP contribution in [0, 0.1) is 11.8 Å². The monoisotopic (exact) mass is 320 g/mol. The second-order valence-corrected chi connectivity index (χ2v) is 6.94. The lowest BCUT2D eigenvalue weighted by Gasteiger charge is -2.17. The van der Waals surface area contributed by atoms with Crippen molar-refractivity contribution >= 4 is 17.3 Å². The molecule has 1 aliphatic rings. The maximum atomic E-state index is 12.4. The van der Waals surface area contributed by atoms with Gasteiger partial charge in [-0.2, -0.15) is 0 Å². The first-order valence-electron chi connectivity index (χ1n) is 9.17. The Morgan fingerprint density at radius 2 is 1.43 bits per heavy atom. The molecule has 0 aromatic carbocycles. The molecule has 0 aromatic heterocycles. The first kappa shape index (κ1) is 19.8. The first-order valence-corrected chi connectivity index (χ1v) is 9.17. The Bertz CT molecular complexity index is 436. The Balaban J connectivity index is 2.32. The molecule has 0 N–H and O–H groups in total. The number of rotatable bonds is 12. The van der Waals surface area contributed by atoms with Crippen LogP contribution in [0.25, 0.3) is 0 Å². The minimum atomic E-state index is -0.123. The van der Waals surface area contributed by atoms with Gasteiger partial charge < -0.3 is 4.79 Å². The van der Waals surface area contributed by atoms with E-state index in [1.54, 1.807) is 0 Å². The highest BCUT2D eigenvalue weighted by Crippen LogP contribution is 2.35. The van der Waals surface area contributed by atoms with Gasteiger partial charge in [0.25, 0.3) is 0 Å². The van der Waals surface area contributed by atoms with Crippen LogP contribution < -0.4 is 0 Å². The average molecular weight is 320 g/mol. The third-order valence-electron chi connectivity index (χ3n) is 5.02. The van der Waals surface area contributed by atoms with Crippen molar-refractivity contribution in [3.05, 3.63) is 12.2 Å². The fraction of sp³-hybridized carbons (Fsp3) is 0.750. The van der Waals surface area contributed by atoms with Crippen molar-refractivity contribution in [2.75, 3.05) is 0 Å². The van der Waals surface area contributed by atoms with E-state index in [1.165, 1.54) is 12.5 Å². The van der Waals surface area contributed by atoms with E-state index >= 15 is 0 Å². The van der Waals surface area contributed by atoms with Gasteiger partial charge in [-0.15, -0.1) is 0 Å². The third-order valence-corrected chi connectivity index (χ3v) is 5.02. The lowest BCUT2D eigenvalue weighted by Crippen LogP contribution is -2.25. The van der Waals surface area contributed by atoms with Gasteiger partial charge in [-0.05, 0) is 45.4 Å². The molecule has 3 heteroatoms. The minimum absolute atomic E-state index is 0.0490. The van der Waals surface area contributed by atoms with Crippen molar-refractivity contribution in [2.45, 2.75) is 84.5 Å². The fourth-order valence-corrected chi connectivity index (χ4v) is 3.43. The number of ketones is 3. The summed E-state index contributed by atoms with van der Waals surface area (Å²) in [6, 6.07) is 0. The van der Waals surface area contributed by atoms with Gasteiger partial charge in [0.2, 0.25) is 0 Å². The molecule has 0 heterocycles. The predicted octanol–water partition coefficient (Wildman–Crippen LogP) is 4.83. The number of Topliss-reactive ketones (excluding diaryl/α,β-unsaturated/α-hetero) is 3. The molecule has 2 unspecified atom stereocenters. The highest BCUT2D eigenvalue weighted by molar-refractivity contribution is 5.92. The maximum absolute atomic E-state index is 12.4. The van der Waals surface area contributed by atoms with E-state index in [4.69, 9.17) is 0 Å². The van der Waals surface area contributed by atoms with Crippen molar-refractivity contribution in [3.8, 4) is 0 Å². The second-order valence-electron chi connectivity index (χ2n) is 6.94. The molecule has 1 aliphatic carbocycles. The number of allylic oxidation sites excluding steroid dienone is 1. The summed E-state index contributed by atoms with van der Waals surface area (Å²) in [4.78, 5) is 35.7. The molecule has 0 aliphatic heterocycles.